The molecule has 0 radical (unpaired) electrons. The van der Waals surface area contributed by atoms with Crippen molar-refractivity contribution in [3.8, 4) is 0 Å². The Balaban J connectivity index is 2.40. The molecule has 1 aromatic carbocycles. The molecule has 0 saturated carbocycles. The van der Waals surface area contributed by atoms with Crippen LogP contribution in [0.15, 0.2) is 29.3 Å². The molecule has 0 aliphatic heterocycles. The summed E-state index contributed by atoms with van der Waals surface area (Å²) in [5.74, 6) is 5.78. The van der Waals surface area contributed by atoms with E-state index in [1.165, 1.54) is 0 Å². The van der Waals surface area contributed by atoms with E-state index < -0.39 is 0 Å². The van der Waals surface area contributed by atoms with Crippen LogP contribution >= 0.6 is 11.8 Å². The van der Waals surface area contributed by atoms with Crippen molar-refractivity contribution in [3.05, 3.63) is 24.3 Å². The Morgan fingerprint density at radius 3 is 2.89 bits per heavy atom. The molecule has 6 heteroatoms. The van der Waals surface area contributed by atoms with Crippen LogP contribution in [0.5, 0.6) is 0 Å². The summed E-state index contributed by atoms with van der Waals surface area (Å²) in [6.07, 6.45) is 0.731. The molecular weight excluding hydrogens is 248 g/mol. The maximum absolute atomic E-state index is 8.95. The van der Waals surface area contributed by atoms with Crippen molar-refractivity contribution >= 4 is 28.6 Å². The highest BCUT2D eigenvalue weighted by atomic mass is 32.2. The van der Waals surface area contributed by atoms with Crippen LogP contribution in [-0.2, 0) is 0 Å². The molecule has 1 heterocycles. The van der Waals surface area contributed by atoms with Gasteiger partial charge in [0.1, 0.15) is 5.03 Å². The molecule has 4 N–H and O–H groups in total. The van der Waals surface area contributed by atoms with Gasteiger partial charge in [0.2, 0.25) is 5.95 Å². The molecule has 0 saturated heterocycles. The molecule has 2 rings (SSSR count). The van der Waals surface area contributed by atoms with Crippen LogP contribution in [0.25, 0.3) is 10.9 Å². The van der Waals surface area contributed by atoms with E-state index in [4.69, 9.17) is 10.9 Å². The third-order valence-electron chi connectivity index (χ3n) is 2.55. The lowest BCUT2D eigenvalue weighted by Gasteiger charge is -2.11. The van der Waals surface area contributed by atoms with Gasteiger partial charge < -0.3 is 5.11 Å². The SMILES string of the molecule is CC(CCO)Sc1nc(NN)nc2ccccc12. The summed E-state index contributed by atoms with van der Waals surface area (Å²) in [7, 11) is 0. The second kappa shape index (κ2) is 5.99. The first-order valence-electron chi connectivity index (χ1n) is 5.75. The second-order valence-electron chi connectivity index (χ2n) is 3.95. The van der Waals surface area contributed by atoms with Gasteiger partial charge in [-0.2, -0.15) is 0 Å². The third-order valence-corrected chi connectivity index (χ3v) is 3.72. The van der Waals surface area contributed by atoms with Crippen LogP contribution < -0.4 is 11.3 Å². The number of nitrogens with two attached hydrogens (primary N) is 1. The summed E-state index contributed by atoms with van der Waals surface area (Å²) in [6.45, 7) is 2.24. The number of hydrogen-bond donors (Lipinski definition) is 3. The second-order valence-corrected chi connectivity index (χ2v) is 5.38. The number of rotatable bonds is 5. The summed E-state index contributed by atoms with van der Waals surface area (Å²) in [4.78, 5) is 8.67. The number of fused-ring (bicyclic) bond motifs is 1. The van der Waals surface area contributed by atoms with Crippen LogP contribution in [0, 0.1) is 0 Å². The van der Waals surface area contributed by atoms with Gasteiger partial charge in [-0.25, -0.2) is 15.8 Å². The van der Waals surface area contributed by atoms with Gasteiger partial charge in [-0.05, 0) is 12.5 Å². The van der Waals surface area contributed by atoms with Crippen LogP contribution in [0.3, 0.4) is 0 Å². The van der Waals surface area contributed by atoms with E-state index in [0.717, 1.165) is 22.3 Å². The molecule has 5 nitrogen and oxygen atoms in total. The number of aromatic nitrogens is 2. The van der Waals surface area contributed by atoms with Gasteiger partial charge in [-0.1, -0.05) is 25.1 Å². The number of nitrogen functional groups attached to an aromatic ring is 1. The monoisotopic (exact) mass is 264 g/mol. The first-order chi connectivity index (χ1) is 8.74. The fourth-order valence-electron chi connectivity index (χ4n) is 1.63. The fraction of sp³-hybridized carbons (Fsp3) is 0.333. The molecule has 2 aromatic rings. The molecule has 0 aliphatic carbocycles. The molecule has 1 aromatic heterocycles. The van der Waals surface area contributed by atoms with Crippen molar-refractivity contribution in [3.63, 3.8) is 0 Å². The quantitative estimate of drug-likeness (QED) is 0.330. The van der Waals surface area contributed by atoms with Gasteiger partial charge in [0.15, 0.2) is 0 Å². The van der Waals surface area contributed by atoms with Gasteiger partial charge in [-0.3, -0.25) is 5.43 Å². The lowest BCUT2D eigenvalue weighted by atomic mass is 10.2. The highest BCUT2D eigenvalue weighted by molar-refractivity contribution is 8.00. The van der Waals surface area contributed by atoms with Gasteiger partial charge in [0.05, 0.1) is 5.52 Å². The molecule has 1 unspecified atom stereocenters. The number of nitrogens with one attached hydrogen (secondary N) is 1. The minimum Gasteiger partial charge on any atom is -0.396 e. The molecule has 0 bridgehead atoms. The van der Waals surface area contributed by atoms with E-state index in [0.29, 0.717) is 11.2 Å². The first-order valence-corrected chi connectivity index (χ1v) is 6.63. The zero-order valence-electron chi connectivity index (χ0n) is 10.1. The number of thioether (sulfide) groups is 1. The van der Waals surface area contributed by atoms with Crippen molar-refractivity contribution in [1.82, 2.24) is 9.97 Å². The summed E-state index contributed by atoms with van der Waals surface area (Å²) in [5.41, 5.74) is 3.34. The minimum absolute atomic E-state index is 0.180. The molecule has 0 fully saturated rings. The molecule has 0 amide bonds. The maximum Gasteiger partial charge on any atom is 0.238 e. The van der Waals surface area contributed by atoms with Crippen molar-refractivity contribution in [1.29, 1.82) is 0 Å². The molecule has 0 spiro atoms. The smallest absolute Gasteiger partial charge is 0.238 e. The summed E-state index contributed by atoms with van der Waals surface area (Å²) >= 11 is 1.62. The van der Waals surface area contributed by atoms with Crippen LogP contribution in [0.1, 0.15) is 13.3 Å². The van der Waals surface area contributed by atoms with Gasteiger partial charge in [0.25, 0.3) is 0 Å². The van der Waals surface area contributed by atoms with Crippen LogP contribution in [0.4, 0.5) is 5.95 Å². The predicted molar refractivity (Wildman–Crippen MR) is 74.4 cm³/mol. The number of hydrogen-bond acceptors (Lipinski definition) is 6. The highest BCUT2D eigenvalue weighted by Crippen LogP contribution is 2.30. The predicted octanol–water partition coefficient (Wildman–Crippen LogP) is 1.78. The average molecular weight is 264 g/mol. The Kier molecular flexibility index (Phi) is 4.35. The Morgan fingerprint density at radius 1 is 1.39 bits per heavy atom. The van der Waals surface area contributed by atoms with Crippen LogP contribution in [-0.4, -0.2) is 26.9 Å². The maximum atomic E-state index is 8.95. The molecule has 0 aliphatic rings. The Labute approximate surface area is 110 Å². The lowest BCUT2D eigenvalue weighted by molar-refractivity contribution is 0.289. The largest absolute Gasteiger partial charge is 0.396 e. The number of aliphatic hydroxyl groups excluding tert-OH is 1. The highest BCUT2D eigenvalue weighted by Gasteiger charge is 2.11. The average Bonchev–Trinajstić information content (AvgIpc) is 2.38. The summed E-state index contributed by atoms with van der Waals surface area (Å²) in [5, 5.41) is 11.1. The number of hydrazine groups is 1. The van der Waals surface area contributed by atoms with Gasteiger partial charge in [-0.15, -0.1) is 11.8 Å². The van der Waals surface area contributed by atoms with E-state index >= 15 is 0 Å². The van der Waals surface area contributed by atoms with E-state index in [1.807, 2.05) is 24.3 Å². The van der Waals surface area contributed by atoms with E-state index in [2.05, 4.69) is 22.3 Å². The Morgan fingerprint density at radius 2 is 2.17 bits per heavy atom. The standard InChI is InChI=1S/C12H16N4OS/c1-8(6-7-17)18-11-9-4-2-3-5-10(9)14-12(15-11)16-13/h2-5,8,17H,6-7,13H2,1H3,(H,14,15,16). The van der Waals surface area contributed by atoms with E-state index in [1.54, 1.807) is 11.8 Å². The Hall–Kier alpha value is -1.37. The third kappa shape index (κ3) is 2.90. The fourth-order valence-corrected chi connectivity index (χ4v) is 2.68. The minimum atomic E-state index is 0.180. The number of benzene rings is 1. The van der Waals surface area contributed by atoms with Crippen LogP contribution in [0.2, 0.25) is 0 Å². The summed E-state index contributed by atoms with van der Waals surface area (Å²) < 4.78 is 0. The van der Waals surface area contributed by atoms with E-state index in [9.17, 15) is 0 Å². The van der Waals surface area contributed by atoms with Gasteiger partial charge in [0, 0.05) is 17.2 Å². The van der Waals surface area contributed by atoms with Crippen molar-refractivity contribution in [2.45, 2.75) is 23.6 Å². The summed E-state index contributed by atoms with van der Waals surface area (Å²) in [6, 6.07) is 7.81. The zero-order valence-corrected chi connectivity index (χ0v) is 10.9. The van der Waals surface area contributed by atoms with Gasteiger partial charge >= 0.3 is 0 Å². The molecular formula is C12H16N4OS. The zero-order chi connectivity index (χ0) is 13.0. The van der Waals surface area contributed by atoms with Crippen molar-refractivity contribution in [2.75, 3.05) is 12.0 Å². The number of para-hydroxylation sites is 1. The Bertz CT molecular complexity index is 534. The van der Waals surface area contributed by atoms with Crippen molar-refractivity contribution < 1.29 is 5.11 Å². The number of anilines is 1. The topological polar surface area (TPSA) is 84.1 Å². The number of nitrogens with zero attached hydrogens (tertiary/aromatic N) is 2. The molecule has 1 atom stereocenters. The van der Waals surface area contributed by atoms with Crippen molar-refractivity contribution in [2.24, 2.45) is 5.84 Å². The first kappa shape index (κ1) is 13.1. The normalized spacial score (nSPS) is 12.6. The van der Waals surface area contributed by atoms with E-state index in [-0.39, 0.29) is 6.61 Å². The molecule has 18 heavy (non-hydrogen) atoms. The molecule has 96 valence electrons. The number of aliphatic hydroxyl groups is 1. The lowest BCUT2D eigenvalue weighted by Crippen LogP contribution is -2.11.